The van der Waals surface area contributed by atoms with Gasteiger partial charge in [-0.25, -0.2) is 0 Å². The Hall–Kier alpha value is -2.38. The number of hydrogen-bond acceptors (Lipinski definition) is 1. The van der Waals surface area contributed by atoms with Crippen LogP contribution in [0.25, 0.3) is 5.57 Å². The van der Waals surface area contributed by atoms with Gasteiger partial charge < -0.3 is 4.74 Å². The summed E-state index contributed by atoms with van der Waals surface area (Å²) < 4.78 is 6.14. The molecule has 0 bridgehead atoms. The van der Waals surface area contributed by atoms with Gasteiger partial charge >= 0.3 is 0 Å². The lowest BCUT2D eigenvalue weighted by Crippen LogP contribution is -2.28. The third-order valence-electron chi connectivity index (χ3n) is 3.99. The van der Waals surface area contributed by atoms with Crippen LogP contribution in [0.4, 0.5) is 0 Å². The molecule has 0 fully saturated rings. The molecule has 0 saturated heterocycles. The molecule has 0 aromatic heterocycles. The van der Waals surface area contributed by atoms with E-state index in [0.29, 0.717) is 6.61 Å². The molecular weight excluding hydrogens is 268 g/mol. The van der Waals surface area contributed by atoms with Crippen LogP contribution in [0.2, 0.25) is 0 Å². The van der Waals surface area contributed by atoms with Gasteiger partial charge in [0.1, 0.15) is 5.60 Å². The zero-order chi connectivity index (χ0) is 15.3. The van der Waals surface area contributed by atoms with Crippen molar-refractivity contribution in [2.24, 2.45) is 0 Å². The molecule has 110 valence electrons. The van der Waals surface area contributed by atoms with Gasteiger partial charge in [0.25, 0.3) is 0 Å². The average molecular weight is 288 g/mol. The second kappa shape index (κ2) is 6.59. The minimum absolute atomic E-state index is 0.395. The molecule has 0 saturated carbocycles. The van der Waals surface area contributed by atoms with Crippen molar-refractivity contribution in [3.63, 3.8) is 0 Å². The van der Waals surface area contributed by atoms with Crippen LogP contribution in [-0.2, 0) is 10.3 Å². The molecule has 22 heavy (non-hydrogen) atoms. The molecule has 1 aliphatic rings. The van der Waals surface area contributed by atoms with Gasteiger partial charge in [-0.3, -0.25) is 0 Å². The van der Waals surface area contributed by atoms with Crippen LogP contribution in [0.5, 0.6) is 0 Å². The maximum Gasteiger partial charge on any atom is 0.115 e. The number of allylic oxidation sites excluding steroid dienone is 2. The fourth-order valence-corrected chi connectivity index (χ4v) is 2.80. The van der Waals surface area contributed by atoms with E-state index in [1.54, 1.807) is 6.08 Å². The quantitative estimate of drug-likeness (QED) is 0.693. The van der Waals surface area contributed by atoms with E-state index in [2.05, 4.69) is 73.3 Å². The molecule has 0 spiro atoms. The van der Waals surface area contributed by atoms with E-state index in [0.717, 1.165) is 6.42 Å². The lowest BCUT2D eigenvalue weighted by atomic mass is 9.84. The van der Waals surface area contributed by atoms with Crippen molar-refractivity contribution in [1.82, 2.24) is 0 Å². The third-order valence-corrected chi connectivity index (χ3v) is 3.99. The molecule has 1 unspecified atom stereocenters. The van der Waals surface area contributed by atoms with Gasteiger partial charge in [0, 0.05) is 6.42 Å². The molecule has 0 amide bonds. The molecular formula is C21H20O. The first-order chi connectivity index (χ1) is 10.8. The summed E-state index contributed by atoms with van der Waals surface area (Å²) in [6.45, 7) is 4.30. The van der Waals surface area contributed by atoms with Crippen LogP contribution < -0.4 is 0 Å². The van der Waals surface area contributed by atoms with Gasteiger partial charge in [0.2, 0.25) is 0 Å². The Morgan fingerprint density at radius 3 is 2.27 bits per heavy atom. The van der Waals surface area contributed by atoms with E-state index in [1.807, 2.05) is 12.1 Å². The zero-order valence-electron chi connectivity index (χ0n) is 12.6. The second-order valence-electron chi connectivity index (χ2n) is 5.42. The smallest absolute Gasteiger partial charge is 0.115 e. The Morgan fingerprint density at radius 2 is 1.68 bits per heavy atom. The van der Waals surface area contributed by atoms with E-state index in [1.165, 1.54) is 16.7 Å². The van der Waals surface area contributed by atoms with Crippen molar-refractivity contribution in [2.75, 3.05) is 6.61 Å². The maximum atomic E-state index is 6.14. The van der Waals surface area contributed by atoms with Crippen molar-refractivity contribution in [3.8, 4) is 0 Å². The zero-order valence-corrected chi connectivity index (χ0v) is 12.6. The van der Waals surface area contributed by atoms with Gasteiger partial charge in [-0.1, -0.05) is 78.9 Å². The van der Waals surface area contributed by atoms with Crippen LogP contribution in [0.15, 0.2) is 91.5 Å². The highest BCUT2D eigenvalue weighted by molar-refractivity contribution is 5.75. The lowest BCUT2D eigenvalue weighted by molar-refractivity contribution is 0.00656. The SMILES string of the molecule is C=CCOC1(c2ccccc2)C=CC(c2ccccc2)=CC1. The summed E-state index contributed by atoms with van der Waals surface area (Å²) in [5, 5.41) is 0. The first-order valence-corrected chi connectivity index (χ1v) is 7.59. The summed E-state index contributed by atoms with van der Waals surface area (Å²) >= 11 is 0. The van der Waals surface area contributed by atoms with E-state index < -0.39 is 5.60 Å². The van der Waals surface area contributed by atoms with Gasteiger partial charge in [0.05, 0.1) is 6.61 Å². The van der Waals surface area contributed by atoms with E-state index in [4.69, 9.17) is 4.74 Å². The predicted molar refractivity (Wildman–Crippen MR) is 92.4 cm³/mol. The summed E-state index contributed by atoms with van der Waals surface area (Å²) in [5.74, 6) is 0. The molecule has 1 nitrogen and oxygen atoms in total. The molecule has 1 aliphatic carbocycles. The molecule has 0 radical (unpaired) electrons. The molecule has 1 heteroatoms. The highest BCUT2D eigenvalue weighted by Crippen LogP contribution is 2.37. The maximum absolute atomic E-state index is 6.14. The van der Waals surface area contributed by atoms with E-state index in [-0.39, 0.29) is 0 Å². The van der Waals surface area contributed by atoms with Crippen molar-refractivity contribution in [1.29, 1.82) is 0 Å². The highest BCUT2D eigenvalue weighted by Gasteiger charge is 2.31. The van der Waals surface area contributed by atoms with Gasteiger partial charge in [-0.05, 0) is 22.8 Å². The largest absolute Gasteiger partial charge is 0.362 e. The van der Waals surface area contributed by atoms with Gasteiger partial charge in [-0.2, -0.15) is 0 Å². The first kappa shape index (κ1) is 14.6. The van der Waals surface area contributed by atoms with E-state index >= 15 is 0 Å². The monoisotopic (exact) mass is 288 g/mol. The number of ether oxygens (including phenoxy) is 1. The Kier molecular flexibility index (Phi) is 4.36. The average Bonchev–Trinajstić information content (AvgIpc) is 2.62. The number of rotatable bonds is 5. The van der Waals surface area contributed by atoms with Gasteiger partial charge in [0.15, 0.2) is 0 Å². The van der Waals surface area contributed by atoms with Crippen LogP contribution in [0, 0.1) is 0 Å². The van der Waals surface area contributed by atoms with Crippen molar-refractivity contribution < 1.29 is 4.74 Å². The normalized spacial score (nSPS) is 20.5. The lowest BCUT2D eigenvalue weighted by Gasteiger charge is -2.33. The second-order valence-corrected chi connectivity index (χ2v) is 5.42. The van der Waals surface area contributed by atoms with E-state index in [9.17, 15) is 0 Å². The fourth-order valence-electron chi connectivity index (χ4n) is 2.80. The summed E-state index contributed by atoms with van der Waals surface area (Å²) in [6.07, 6.45) is 9.22. The minimum atomic E-state index is -0.395. The molecule has 0 aliphatic heterocycles. The van der Waals surface area contributed by atoms with Crippen LogP contribution in [0.3, 0.4) is 0 Å². The summed E-state index contributed by atoms with van der Waals surface area (Å²) in [7, 11) is 0. The van der Waals surface area contributed by atoms with Gasteiger partial charge in [-0.15, -0.1) is 6.58 Å². The first-order valence-electron chi connectivity index (χ1n) is 7.59. The summed E-state index contributed by atoms with van der Waals surface area (Å²) in [4.78, 5) is 0. The summed E-state index contributed by atoms with van der Waals surface area (Å²) in [5.41, 5.74) is 3.27. The number of benzene rings is 2. The van der Waals surface area contributed by atoms with Crippen LogP contribution in [-0.4, -0.2) is 6.61 Å². The Labute approximate surface area is 132 Å². The standard InChI is InChI=1S/C21H20O/c1-2-17-22-21(20-11-7-4-8-12-20)15-13-19(14-16-21)18-9-5-3-6-10-18/h2-15H,1,16-17H2. The topological polar surface area (TPSA) is 9.23 Å². The van der Waals surface area contributed by atoms with Crippen molar-refractivity contribution >= 4 is 5.57 Å². The van der Waals surface area contributed by atoms with Crippen LogP contribution >= 0.6 is 0 Å². The highest BCUT2D eigenvalue weighted by atomic mass is 16.5. The Morgan fingerprint density at radius 1 is 1.00 bits per heavy atom. The molecule has 1 atom stereocenters. The number of hydrogen-bond donors (Lipinski definition) is 0. The Balaban J connectivity index is 1.90. The van der Waals surface area contributed by atoms with Crippen LogP contribution in [0.1, 0.15) is 17.5 Å². The fraction of sp³-hybridized carbons (Fsp3) is 0.143. The molecule has 0 heterocycles. The molecule has 0 N–H and O–H groups in total. The molecule has 2 aromatic rings. The summed E-state index contributed by atoms with van der Waals surface area (Å²) in [6, 6.07) is 20.8. The van der Waals surface area contributed by atoms with Crippen molar-refractivity contribution in [3.05, 3.63) is 103 Å². The predicted octanol–water partition coefficient (Wildman–Crippen LogP) is 5.13. The molecule has 2 aromatic carbocycles. The minimum Gasteiger partial charge on any atom is -0.362 e. The van der Waals surface area contributed by atoms with Crippen molar-refractivity contribution in [2.45, 2.75) is 12.0 Å². The third kappa shape index (κ3) is 2.95. The Bertz CT molecular complexity index is 682. The molecule has 3 rings (SSSR count).